The van der Waals surface area contributed by atoms with Crippen LogP contribution in [0, 0.1) is 6.92 Å². The predicted octanol–water partition coefficient (Wildman–Crippen LogP) is 2.51. The lowest BCUT2D eigenvalue weighted by Crippen LogP contribution is -2.52. The van der Waals surface area contributed by atoms with Crippen LogP contribution in [0.2, 0.25) is 5.02 Å². The number of nitrogens with zero attached hydrogens (tertiary/aromatic N) is 1. The van der Waals surface area contributed by atoms with E-state index in [-0.39, 0.29) is 23.9 Å². The molecule has 2 aromatic rings. The van der Waals surface area contributed by atoms with E-state index in [0.29, 0.717) is 10.6 Å². The Balaban J connectivity index is 2.06. The highest BCUT2D eigenvalue weighted by Gasteiger charge is 2.39. The van der Waals surface area contributed by atoms with E-state index < -0.39 is 16.1 Å². The fraction of sp³-hybridized carbons (Fsp3) is 0.235. The van der Waals surface area contributed by atoms with Crippen LogP contribution in [0.15, 0.2) is 53.4 Å². The van der Waals surface area contributed by atoms with Gasteiger partial charge in [-0.05, 0) is 36.8 Å². The molecule has 1 aliphatic heterocycles. The van der Waals surface area contributed by atoms with E-state index >= 15 is 0 Å². The second-order valence-electron chi connectivity index (χ2n) is 5.68. The van der Waals surface area contributed by atoms with Gasteiger partial charge in [0.05, 0.1) is 4.90 Å². The number of carbonyl (C=O) groups is 1. The van der Waals surface area contributed by atoms with Crippen LogP contribution in [0.1, 0.15) is 17.2 Å². The van der Waals surface area contributed by atoms with Crippen LogP contribution in [0.5, 0.6) is 0 Å². The zero-order valence-electron chi connectivity index (χ0n) is 13.1. The Hall–Kier alpha value is -1.89. The van der Waals surface area contributed by atoms with Crippen LogP contribution in [-0.4, -0.2) is 31.7 Å². The smallest absolute Gasteiger partial charge is 0.244 e. The van der Waals surface area contributed by atoms with Gasteiger partial charge >= 0.3 is 0 Å². The summed E-state index contributed by atoms with van der Waals surface area (Å²) in [5.74, 6) is -0.348. The topological polar surface area (TPSA) is 66.5 Å². The molecule has 1 saturated heterocycles. The SMILES string of the molecule is Cc1ccc(S(=O)(=O)N2CCNC(=O)C2c2cccc(Cl)c2)cc1. The van der Waals surface area contributed by atoms with E-state index in [1.165, 1.54) is 4.31 Å². The van der Waals surface area contributed by atoms with Crippen LogP contribution in [0.25, 0.3) is 0 Å². The third-order valence-corrected chi connectivity index (χ3v) is 6.07. The number of benzene rings is 2. The number of aryl methyl sites for hydroxylation is 1. The molecule has 1 atom stereocenters. The molecule has 0 aliphatic carbocycles. The Bertz CT molecular complexity index is 866. The van der Waals surface area contributed by atoms with Crippen LogP contribution in [0.3, 0.4) is 0 Å². The standard InChI is InChI=1S/C17H17ClN2O3S/c1-12-5-7-15(8-6-12)24(22,23)20-10-9-19-17(21)16(20)13-3-2-4-14(18)11-13/h2-8,11,16H,9-10H2,1H3,(H,19,21). The van der Waals surface area contributed by atoms with Gasteiger partial charge in [0, 0.05) is 18.1 Å². The van der Waals surface area contributed by atoms with Crippen LogP contribution < -0.4 is 5.32 Å². The summed E-state index contributed by atoms with van der Waals surface area (Å²) in [6, 6.07) is 12.4. The van der Waals surface area contributed by atoms with Crippen molar-refractivity contribution in [2.75, 3.05) is 13.1 Å². The van der Waals surface area contributed by atoms with Crippen molar-refractivity contribution in [1.82, 2.24) is 9.62 Å². The van der Waals surface area contributed by atoms with Crippen molar-refractivity contribution in [3.05, 3.63) is 64.7 Å². The highest BCUT2D eigenvalue weighted by Crippen LogP contribution is 2.30. The molecular formula is C17H17ClN2O3S. The minimum atomic E-state index is -3.79. The fourth-order valence-electron chi connectivity index (χ4n) is 2.74. The van der Waals surface area contributed by atoms with Crippen molar-refractivity contribution >= 4 is 27.5 Å². The van der Waals surface area contributed by atoms with Crippen molar-refractivity contribution in [3.8, 4) is 0 Å². The Morgan fingerprint density at radius 1 is 1.17 bits per heavy atom. The molecule has 1 unspecified atom stereocenters. The number of nitrogens with one attached hydrogen (secondary N) is 1. The van der Waals surface area contributed by atoms with E-state index in [4.69, 9.17) is 11.6 Å². The van der Waals surface area contributed by atoms with Gasteiger partial charge in [-0.3, -0.25) is 4.79 Å². The quantitative estimate of drug-likeness (QED) is 0.910. The van der Waals surface area contributed by atoms with Crippen LogP contribution in [0.4, 0.5) is 0 Å². The molecule has 0 bridgehead atoms. The molecule has 1 N–H and O–H groups in total. The maximum atomic E-state index is 13.0. The molecule has 0 saturated carbocycles. The lowest BCUT2D eigenvalue weighted by Gasteiger charge is -2.34. The molecule has 3 rings (SSSR count). The molecule has 1 fully saturated rings. The summed E-state index contributed by atoms with van der Waals surface area (Å²) in [7, 11) is -3.79. The van der Waals surface area contributed by atoms with Crippen LogP contribution >= 0.6 is 11.6 Å². The second kappa shape index (κ2) is 6.55. The monoisotopic (exact) mass is 364 g/mol. The molecule has 0 radical (unpaired) electrons. The average Bonchev–Trinajstić information content (AvgIpc) is 2.55. The lowest BCUT2D eigenvalue weighted by molar-refractivity contribution is -0.126. The molecule has 0 aromatic heterocycles. The number of hydrogen-bond donors (Lipinski definition) is 1. The zero-order valence-corrected chi connectivity index (χ0v) is 14.6. The summed E-state index contributed by atoms with van der Waals surface area (Å²) >= 11 is 6.01. The number of hydrogen-bond acceptors (Lipinski definition) is 3. The van der Waals surface area contributed by atoms with E-state index in [0.717, 1.165) is 5.56 Å². The molecule has 0 spiro atoms. The molecular weight excluding hydrogens is 348 g/mol. The molecule has 126 valence electrons. The van der Waals surface area contributed by atoms with Crippen LogP contribution in [-0.2, 0) is 14.8 Å². The van der Waals surface area contributed by atoms with Gasteiger partial charge in [0.2, 0.25) is 15.9 Å². The minimum Gasteiger partial charge on any atom is -0.353 e. The molecule has 5 nitrogen and oxygen atoms in total. The molecule has 1 aliphatic rings. The Labute approximate surface area is 146 Å². The number of halogens is 1. The lowest BCUT2D eigenvalue weighted by atomic mass is 10.0. The largest absolute Gasteiger partial charge is 0.353 e. The highest BCUT2D eigenvalue weighted by atomic mass is 35.5. The molecule has 7 heteroatoms. The molecule has 1 heterocycles. The van der Waals surface area contributed by atoms with Gasteiger partial charge in [-0.1, -0.05) is 41.4 Å². The van der Waals surface area contributed by atoms with E-state index in [1.807, 2.05) is 6.92 Å². The first-order valence-electron chi connectivity index (χ1n) is 7.51. The highest BCUT2D eigenvalue weighted by molar-refractivity contribution is 7.89. The molecule has 2 aromatic carbocycles. The van der Waals surface area contributed by atoms with Gasteiger partial charge in [-0.25, -0.2) is 8.42 Å². The second-order valence-corrected chi connectivity index (χ2v) is 8.00. The van der Waals surface area contributed by atoms with Crippen molar-refractivity contribution < 1.29 is 13.2 Å². The fourth-order valence-corrected chi connectivity index (χ4v) is 4.52. The van der Waals surface area contributed by atoms with Gasteiger partial charge in [-0.15, -0.1) is 0 Å². The number of rotatable bonds is 3. The number of sulfonamides is 1. The van der Waals surface area contributed by atoms with Crippen molar-refractivity contribution in [2.24, 2.45) is 0 Å². The first-order valence-corrected chi connectivity index (χ1v) is 9.33. The summed E-state index contributed by atoms with van der Waals surface area (Å²) < 4.78 is 27.3. The minimum absolute atomic E-state index is 0.176. The summed E-state index contributed by atoms with van der Waals surface area (Å²) in [5, 5.41) is 3.18. The number of carbonyl (C=O) groups excluding carboxylic acids is 1. The number of piperazine rings is 1. The summed E-state index contributed by atoms with van der Waals surface area (Å²) in [4.78, 5) is 12.6. The predicted molar refractivity (Wildman–Crippen MR) is 92.3 cm³/mol. The normalized spacial score (nSPS) is 19.1. The van der Waals surface area contributed by atoms with Crippen molar-refractivity contribution in [1.29, 1.82) is 0 Å². The first-order chi connectivity index (χ1) is 11.4. The zero-order chi connectivity index (χ0) is 17.3. The van der Waals surface area contributed by atoms with Gasteiger partial charge in [0.15, 0.2) is 0 Å². The maximum absolute atomic E-state index is 13.0. The summed E-state index contributed by atoms with van der Waals surface area (Å²) in [5.41, 5.74) is 1.52. The average molecular weight is 365 g/mol. The van der Waals surface area contributed by atoms with Gasteiger partial charge in [0.1, 0.15) is 6.04 Å². The Kier molecular flexibility index (Phi) is 4.62. The Morgan fingerprint density at radius 2 is 1.88 bits per heavy atom. The van der Waals surface area contributed by atoms with Gasteiger partial charge in [-0.2, -0.15) is 4.31 Å². The molecule has 24 heavy (non-hydrogen) atoms. The Morgan fingerprint density at radius 3 is 2.54 bits per heavy atom. The number of amides is 1. The van der Waals surface area contributed by atoms with Gasteiger partial charge < -0.3 is 5.32 Å². The van der Waals surface area contributed by atoms with E-state index in [2.05, 4.69) is 5.32 Å². The maximum Gasteiger partial charge on any atom is 0.244 e. The molecule has 1 amide bonds. The third kappa shape index (κ3) is 3.17. The van der Waals surface area contributed by atoms with Crippen molar-refractivity contribution in [2.45, 2.75) is 17.9 Å². The van der Waals surface area contributed by atoms with Gasteiger partial charge in [0.25, 0.3) is 0 Å². The van der Waals surface area contributed by atoms with E-state index in [1.54, 1.807) is 48.5 Å². The first kappa shape index (κ1) is 17.0. The van der Waals surface area contributed by atoms with E-state index in [9.17, 15) is 13.2 Å². The summed E-state index contributed by atoms with van der Waals surface area (Å²) in [6.45, 7) is 2.37. The van der Waals surface area contributed by atoms with Crippen molar-refractivity contribution in [3.63, 3.8) is 0 Å². The summed E-state index contributed by atoms with van der Waals surface area (Å²) in [6.07, 6.45) is 0. The third-order valence-electron chi connectivity index (χ3n) is 3.96.